The molecule has 2 amide bonds. The number of aromatic hydroxyl groups is 1. The van der Waals surface area contributed by atoms with E-state index < -0.39 is 0 Å². The molecule has 7 heteroatoms. The van der Waals surface area contributed by atoms with Gasteiger partial charge in [0.05, 0.1) is 12.2 Å². The summed E-state index contributed by atoms with van der Waals surface area (Å²) in [6.07, 6.45) is 1.77. The molecule has 2 N–H and O–H groups in total. The van der Waals surface area contributed by atoms with Crippen molar-refractivity contribution in [2.45, 2.75) is 39.3 Å². The number of likely N-dealkylation sites (tertiary alicyclic amines) is 1. The second-order valence-corrected chi connectivity index (χ2v) is 8.75. The standard InChI is InChI=1S/C28H31N3O4/c1-20(32)30-17-15-23(16-18-30)29-26-8-4-3-7-22(26)19-31(21(2)33)27-9-5-6-10-28(27)35-25-13-11-24(34)12-14-25/h3-14,23,29,34H,15-19H2,1-2H3. The summed E-state index contributed by atoms with van der Waals surface area (Å²) in [6.45, 7) is 5.03. The van der Waals surface area contributed by atoms with Gasteiger partial charge in [0.2, 0.25) is 11.8 Å². The SMILES string of the molecule is CC(=O)N1CCC(Nc2ccccc2CN(C(C)=O)c2ccccc2Oc2ccc(O)cc2)CC1. The molecule has 0 saturated carbocycles. The predicted molar refractivity (Wildman–Crippen MR) is 137 cm³/mol. The first kappa shape index (κ1) is 24.1. The van der Waals surface area contributed by atoms with Gasteiger partial charge >= 0.3 is 0 Å². The van der Waals surface area contributed by atoms with Gasteiger partial charge in [0.15, 0.2) is 5.75 Å². The smallest absolute Gasteiger partial charge is 0.224 e. The van der Waals surface area contributed by atoms with Crippen molar-refractivity contribution in [1.82, 2.24) is 4.90 Å². The predicted octanol–water partition coefficient (Wildman–Crippen LogP) is 5.16. The summed E-state index contributed by atoms with van der Waals surface area (Å²) in [7, 11) is 0. The molecule has 0 bridgehead atoms. The van der Waals surface area contributed by atoms with Crippen LogP contribution < -0.4 is 15.0 Å². The highest BCUT2D eigenvalue weighted by Gasteiger charge is 2.23. The maximum atomic E-state index is 12.8. The van der Waals surface area contributed by atoms with Gasteiger partial charge in [-0.2, -0.15) is 0 Å². The average molecular weight is 474 g/mol. The Morgan fingerprint density at radius 3 is 2.31 bits per heavy atom. The summed E-state index contributed by atoms with van der Waals surface area (Å²) >= 11 is 0. The number of para-hydroxylation sites is 3. The molecule has 0 aromatic heterocycles. The Morgan fingerprint density at radius 1 is 0.971 bits per heavy atom. The van der Waals surface area contributed by atoms with Crippen LogP contribution in [0.4, 0.5) is 11.4 Å². The van der Waals surface area contributed by atoms with E-state index in [2.05, 4.69) is 5.32 Å². The van der Waals surface area contributed by atoms with E-state index in [-0.39, 0.29) is 23.6 Å². The summed E-state index contributed by atoms with van der Waals surface area (Å²) in [5, 5.41) is 13.2. The molecule has 0 radical (unpaired) electrons. The minimum Gasteiger partial charge on any atom is -0.508 e. The largest absolute Gasteiger partial charge is 0.508 e. The van der Waals surface area contributed by atoms with Gasteiger partial charge in [0.1, 0.15) is 11.5 Å². The molecular weight excluding hydrogens is 442 g/mol. The van der Waals surface area contributed by atoms with Crippen LogP contribution in [0.25, 0.3) is 0 Å². The number of benzene rings is 3. The minimum atomic E-state index is -0.101. The Hall–Kier alpha value is -4.00. The van der Waals surface area contributed by atoms with Crippen molar-refractivity contribution >= 4 is 23.2 Å². The van der Waals surface area contributed by atoms with Gasteiger partial charge in [-0.1, -0.05) is 30.3 Å². The molecule has 1 saturated heterocycles. The van der Waals surface area contributed by atoms with E-state index in [0.717, 1.165) is 37.2 Å². The zero-order chi connectivity index (χ0) is 24.8. The van der Waals surface area contributed by atoms with Gasteiger partial charge in [-0.05, 0) is 60.9 Å². The molecule has 3 aromatic rings. The number of nitrogens with zero attached hydrogens (tertiary/aromatic N) is 2. The lowest BCUT2D eigenvalue weighted by Gasteiger charge is -2.33. The first-order valence-electron chi connectivity index (χ1n) is 11.8. The van der Waals surface area contributed by atoms with Gasteiger partial charge in [0, 0.05) is 38.7 Å². The molecule has 3 aromatic carbocycles. The van der Waals surface area contributed by atoms with Crippen LogP contribution in [0.3, 0.4) is 0 Å². The van der Waals surface area contributed by atoms with E-state index in [1.54, 1.807) is 43.0 Å². The lowest BCUT2D eigenvalue weighted by Crippen LogP contribution is -2.41. The fourth-order valence-electron chi connectivity index (χ4n) is 4.30. The van der Waals surface area contributed by atoms with Crippen molar-refractivity contribution in [3.8, 4) is 17.2 Å². The third kappa shape index (κ3) is 6.12. The molecule has 35 heavy (non-hydrogen) atoms. The number of piperidine rings is 1. The number of ether oxygens (including phenoxy) is 1. The van der Waals surface area contributed by atoms with Crippen molar-refractivity contribution in [1.29, 1.82) is 0 Å². The van der Waals surface area contributed by atoms with Gasteiger partial charge in [-0.3, -0.25) is 9.59 Å². The van der Waals surface area contributed by atoms with Crippen LogP contribution in [0.5, 0.6) is 17.2 Å². The Bertz CT molecular complexity index is 1170. The molecule has 4 rings (SSSR count). The summed E-state index contributed by atoms with van der Waals surface area (Å²) in [5.74, 6) is 1.30. The van der Waals surface area contributed by atoms with Crippen LogP contribution in [-0.4, -0.2) is 41.0 Å². The van der Waals surface area contributed by atoms with Crippen molar-refractivity contribution in [3.05, 3.63) is 78.4 Å². The number of phenols is 1. The molecule has 0 aliphatic carbocycles. The van der Waals surface area contributed by atoms with E-state index in [9.17, 15) is 14.7 Å². The highest BCUT2D eigenvalue weighted by atomic mass is 16.5. The molecule has 0 spiro atoms. The molecule has 7 nitrogen and oxygen atoms in total. The van der Waals surface area contributed by atoms with Gasteiger partial charge in [0.25, 0.3) is 0 Å². The van der Waals surface area contributed by atoms with Crippen LogP contribution in [0.2, 0.25) is 0 Å². The van der Waals surface area contributed by atoms with Crippen LogP contribution in [0.15, 0.2) is 72.8 Å². The number of carbonyl (C=O) groups is 2. The highest BCUT2D eigenvalue weighted by Crippen LogP contribution is 2.34. The first-order chi connectivity index (χ1) is 16.9. The van der Waals surface area contributed by atoms with Crippen molar-refractivity contribution in [3.63, 3.8) is 0 Å². The number of rotatable bonds is 7. The van der Waals surface area contributed by atoms with E-state index in [4.69, 9.17) is 4.74 Å². The summed E-state index contributed by atoms with van der Waals surface area (Å²) in [5.41, 5.74) is 2.64. The number of hydrogen-bond donors (Lipinski definition) is 2. The molecule has 1 heterocycles. The second-order valence-electron chi connectivity index (χ2n) is 8.75. The van der Waals surface area contributed by atoms with Crippen LogP contribution in [0, 0.1) is 0 Å². The number of hydrogen-bond acceptors (Lipinski definition) is 5. The first-order valence-corrected chi connectivity index (χ1v) is 11.8. The van der Waals surface area contributed by atoms with Crippen molar-refractivity contribution in [2.24, 2.45) is 0 Å². The normalized spacial score (nSPS) is 13.8. The van der Waals surface area contributed by atoms with Gasteiger partial charge in [-0.25, -0.2) is 0 Å². The van der Waals surface area contributed by atoms with Crippen LogP contribution in [0.1, 0.15) is 32.3 Å². The van der Waals surface area contributed by atoms with Gasteiger partial charge < -0.3 is 25.0 Å². The fraction of sp³-hybridized carbons (Fsp3) is 0.286. The van der Waals surface area contributed by atoms with Gasteiger partial charge in [-0.15, -0.1) is 0 Å². The number of amides is 2. The fourth-order valence-corrected chi connectivity index (χ4v) is 4.30. The maximum absolute atomic E-state index is 12.8. The zero-order valence-corrected chi connectivity index (χ0v) is 20.1. The topological polar surface area (TPSA) is 82.1 Å². The molecule has 0 atom stereocenters. The molecule has 0 unspecified atom stereocenters. The monoisotopic (exact) mass is 473 g/mol. The Balaban J connectivity index is 1.54. The van der Waals surface area contributed by atoms with Crippen molar-refractivity contribution in [2.75, 3.05) is 23.3 Å². The van der Waals surface area contributed by atoms with E-state index >= 15 is 0 Å². The van der Waals surface area contributed by atoms with Crippen LogP contribution in [-0.2, 0) is 16.1 Å². The Kier molecular flexibility index (Phi) is 7.55. The number of nitrogens with one attached hydrogen (secondary N) is 1. The Labute approximate surface area is 205 Å². The highest BCUT2D eigenvalue weighted by molar-refractivity contribution is 5.93. The van der Waals surface area contributed by atoms with E-state index in [1.807, 2.05) is 53.4 Å². The Morgan fingerprint density at radius 2 is 1.63 bits per heavy atom. The maximum Gasteiger partial charge on any atom is 0.224 e. The lowest BCUT2D eigenvalue weighted by atomic mass is 10.0. The quantitative estimate of drug-likeness (QED) is 0.495. The van der Waals surface area contributed by atoms with Crippen LogP contribution >= 0.6 is 0 Å². The summed E-state index contributed by atoms with van der Waals surface area (Å²) in [4.78, 5) is 28.0. The molecule has 1 fully saturated rings. The summed E-state index contributed by atoms with van der Waals surface area (Å²) < 4.78 is 6.06. The third-order valence-electron chi connectivity index (χ3n) is 6.25. The molecule has 182 valence electrons. The number of carbonyl (C=O) groups excluding carboxylic acids is 2. The van der Waals surface area contributed by atoms with E-state index in [0.29, 0.717) is 23.7 Å². The zero-order valence-electron chi connectivity index (χ0n) is 20.1. The number of anilines is 2. The van der Waals surface area contributed by atoms with E-state index in [1.165, 1.54) is 0 Å². The summed E-state index contributed by atoms with van der Waals surface area (Å²) in [6, 6.07) is 22.2. The average Bonchev–Trinajstić information content (AvgIpc) is 2.85. The lowest BCUT2D eigenvalue weighted by molar-refractivity contribution is -0.129. The number of phenolic OH excluding ortho intramolecular Hbond substituents is 1. The minimum absolute atomic E-state index is 0.101. The second kappa shape index (κ2) is 11.0. The van der Waals surface area contributed by atoms with Crippen molar-refractivity contribution < 1.29 is 19.4 Å². The third-order valence-corrected chi connectivity index (χ3v) is 6.25. The molecule has 1 aliphatic rings. The molecule has 1 aliphatic heterocycles. The molecular formula is C28H31N3O4.